The number of nitrogens with one attached hydrogen (secondary N) is 2. The Bertz CT molecular complexity index is 1000. The minimum atomic E-state index is -0.945. The summed E-state index contributed by atoms with van der Waals surface area (Å²) in [4.78, 5) is 15.6. The van der Waals surface area contributed by atoms with Gasteiger partial charge >= 0.3 is 0 Å². The summed E-state index contributed by atoms with van der Waals surface area (Å²) >= 11 is 11.7. The van der Waals surface area contributed by atoms with Crippen molar-refractivity contribution in [2.24, 2.45) is 5.92 Å². The number of thiocarbonyl (C=S) groups is 1. The second kappa shape index (κ2) is 8.65. The van der Waals surface area contributed by atoms with Gasteiger partial charge in [-0.15, -0.1) is 0 Å². The molecule has 2 aromatic carbocycles. The first-order chi connectivity index (χ1) is 14.8. The van der Waals surface area contributed by atoms with Crippen molar-refractivity contribution >= 4 is 40.5 Å². The first-order valence-electron chi connectivity index (χ1n) is 10.3. The van der Waals surface area contributed by atoms with Crippen LogP contribution in [0.1, 0.15) is 30.5 Å². The molecule has 2 N–H and O–H groups in total. The molecule has 0 spiro atoms. The number of benzene rings is 2. The average Bonchev–Trinajstić information content (AvgIpc) is 2.72. The van der Waals surface area contributed by atoms with Crippen molar-refractivity contribution in [1.82, 2.24) is 10.2 Å². The second-order valence-corrected chi connectivity index (χ2v) is 8.92. The van der Waals surface area contributed by atoms with E-state index >= 15 is 0 Å². The molecule has 8 heteroatoms. The van der Waals surface area contributed by atoms with E-state index in [0.29, 0.717) is 29.0 Å². The fourth-order valence-electron chi connectivity index (χ4n) is 4.41. The molecule has 6 nitrogen and oxygen atoms in total. The zero-order chi connectivity index (χ0) is 22.2. The Balaban J connectivity index is 1.72. The maximum Gasteiger partial charge on any atom is 0.236 e. The summed E-state index contributed by atoms with van der Waals surface area (Å²) < 4.78 is 11.7. The van der Waals surface area contributed by atoms with Gasteiger partial charge in [-0.05, 0) is 62.8 Å². The van der Waals surface area contributed by atoms with E-state index in [9.17, 15) is 4.79 Å². The normalized spacial score (nSPS) is 24.1. The third-order valence-corrected chi connectivity index (χ3v) is 6.50. The Morgan fingerprint density at radius 1 is 1.32 bits per heavy atom. The zero-order valence-corrected chi connectivity index (χ0v) is 19.3. The van der Waals surface area contributed by atoms with Gasteiger partial charge in [-0.3, -0.25) is 4.79 Å². The molecule has 0 unspecified atom stereocenters. The van der Waals surface area contributed by atoms with Crippen LogP contribution in [0.25, 0.3) is 0 Å². The number of hydrogen-bond donors (Lipinski definition) is 2. The largest absolute Gasteiger partial charge is 0.467 e. The number of amides is 1. The molecule has 3 atom stereocenters. The van der Waals surface area contributed by atoms with Crippen LogP contribution < -0.4 is 15.4 Å². The minimum absolute atomic E-state index is 0.145. The molecule has 2 aliphatic rings. The number of halogens is 1. The molecular weight excluding hydrogens is 434 g/mol. The molecule has 0 aromatic heterocycles. The van der Waals surface area contributed by atoms with E-state index in [1.807, 2.05) is 30.9 Å². The van der Waals surface area contributed by atoms with Crippen LogP contribution in [-0.2, 0) is 9.53 Å². The van der Waals surface area contributed by atoms with Gasteiger partial charge in [0, 0.05) is 36.5 Å². The molecule has 0 saturated carbocycles. The number of carbonyl (C=O) groups is 1. The van der Waals surface area contributed by atoms with Gasteiger partial charge in [0.25, 0.3) is 0 Å². The van der Waals surface area contributed by atoms with Crippen LogP contribution in [0, 0.1) is 12.8 Å². The van der Waals surface area contributed by atoms with E-state index in [-0.39, 0.29) is 11.9 Å². The second-order valence-electron chi connectivity index (χ2n) is 8.10. The number of fused-ring (bicyclic) bond motifs is 4. The summed E-state index contributed by atoms with van der Waals surface area (Å²) in [6.07, 6.45) is 0.758. The fraction of sp³-hybridized carbons (Fsp3) is 0.391. The van der Waals surface area contributed by atoms with Crippen LogP contribution in [0.3, 0.4) is 0 Å². The minimum Gasteiger partial charge on any atom is -0.467 e. The number of carbonyl (C=O) groups excluding carboxylic acids is 1. The van der Waals surface area contributed by atoms with Crippen molar-refractivity contribution in [3.05, 3.63) is 58.6 Å². The Kier molecular flexibility index (Phi) is 6.10. The van der Waals surface area contributed by atoms with Crippen molar-refractivity contribution in [2.75, 3.05) is 25.6 Å². The highest BCUT2D eigenvalue weighted by atomic mass is 35.5. The molecule has 164 valence electrons. The quantitative estimate of drug-likeness (QED) is 0.496. The molecule has 31 heavy (non-hydrogen) atoms. The number of anilines is 1. The molecule has 0 radical (unpaired) electrons. The van der Waals surface area contributed by atoms with Gasteiger partial charge in [0.1, 0.15) is 11.7 Å². The van der Waals surface area contributed by atoms with Gasteiger partial charge in [-0.25, -0.2) is 0 Å². The van der Waals surface area contributed by atoms with Crippen LogP contribution in [0.2, 0.25) is 5.02 Å². The van der Waals surface area contributed by atoms with Gasteiger partial charge in [0.2, 0.25) is 5.91 Å². The van der Waals surface area contributed by atoms with Crippen LogP contribution in [0.4, 0.5) is 5.69 Å². The van der Waals surface area contributed by atoms with Crippen LogP contribution in [0.5, 0.6) is 5.75 Å². The average molecular weight is 460 g/mol. The van der Waals surface area contributed by atoms with Crippen molar-refractivity contribution in [3.8, 4) is 5.75 Å². The Morgan fingerprint density at radius 2 is 2.06 bits per heavy atom. The van der Waals surface area contributed by atoms with E-state index in [1.165, 1.54) is 0 Å². The summed E-state index contributed by atoms with van der Waals surface area (Å²) in [6.45, 7) is 5.16. The molecular formula is C23H26ClN3O3S. The van der Waals surface area contributed by atoms with Crippen molar-refractivity contribution in [2.45, 2.75) is 32.0 Å². The van der Waals surface area contributed by atoms with Crippen molar-refractivity contribution in [1.29, 1.82) is 0 Å². The van der Waals surface area contributed by atoms with Crippen LogP contribution >= 0.6 is 23.8 Å². The van der Waals surface area contributed by atoms with E-state index in [1.54, 1.807) is 31.4 Å². The molecule has 1 amide bonds. The highest BCUT2D eigenvalue weighted by Gasteiger charge is 2.58. The number of nitrogens with zero attached hydrogens (tertiary/aromatic N) is 1. The molecule has 1 fully saturated rings. The van der Waals surface area contributed by atoms with E-state index < -0.39 is 11.6 Å². The van der Waals surface area contributed by atoms with Gasteiger partial charge < -0.3 is 25.0 Å². The topological polar surface area (TPSA) is 62.8 Å². The first kappa shape index (κ1) is 21.9. The van der Waals surface area contributed by atoms with Crippen molar-refractivity contribution in [3.63, 3.8) is 0 Å². The lowest BCUT2D eigenvalue weighted by Crippen LogP contribution is -2.71. The molecule has 1 saturated heterocycles. The maximum atomic E-state index is 13.6. The van der Waals surface area contributed by atoms with Crippen LogP contribution in [-0.4, -0.2) is 41.9 Å². The van der Waals surface area contributed by atoms with Crippen molar-refractivity contribution < 1.29 is 14.3 Å². The standard InChI is InChI=1S/C23H26ClN3O3S/c1-14-5-10-18-17(13-14)20-19(21(28)25-16-8-6-15(24)7-9-16)23(2,30-18)27(22(31)26-20)11-4-12-29-3/h5-10,13,19-20H,4,11-12H2,1-3H3,(H,25,28)(H,26,31)/t19-,20+,23+/m0/s1. The Labute approximate surface area is 192 Å². The summed E-state index contributed by atoms with van der Waals surface area (Å²) in [5.74, 6) is 0.0841. The maximum absolute atomic E-state index is 13.6. The van der Waals surface area contributed by atoms with E-state index in [0.717, 1.165) is 23.3 Å². The summed E-state index contributed by atoms with van der Waals surface area (Å²) in [7, 11) is 1.67. The lowest BCUT2D eigenvalue weighted by atomic mass is 9.78. The third kappa shape index (κ3) is 4.10. The Hall–Kier alpha value is -2.35. The monoisotopic (exact) mass is 459 g/mol. The molecule has 2 aromatic rings. The predicted molar refractivity (Wildman–Crippen MR) is 125 cm³/mol. The van der Waals surface area contributed by atoms with Gasteiger partial charge in [-0.1, -0.05) is 29.3 Å². The van der Waals surface area contributed by atoms with E-state index in [4.69, 9.17) is 33.3 Å². The highest BCUT2D eigenvalue weighted by Crippen LogP contribution is 2.48. The SMILES string of the molecule is COCCCN1C(=S)N[C@@H]2c3cc(C)ccc3O[C@]1(C)[C@@H]2C(=O)Nc1ccc(Cl)cc1. The Morgan fingerprint density at radius 3 is 2.77 bits per heavy atom. The fourth-order valence-corrected chi connectivity index (χ4v) is 4.94. The lowest BCUT2D eigenvalue weighted by molar-refractivity contribution is -0.149. The number of ether oxygens (including phenoxy) is 2. The summed E-state index contributed by atoms with van der Waals surface area (Å²) in [6, 6.07) is 12.8. The van der Waals surface area contributed by atoms with Gasteiger partial charge in [0.05, 0.1) is 6.04 Å². The lowest BCUT2D eigenvalue weighted by Gasteiger charge is -2.56. The van der Waals surface area contributed by atoms with E-state index in [2.05, 4.69) is 16.7 Å². The van der Waals surface area contributed by atoms with Crippen LogP contribution in [0.15, 0.2) is 42.5 Å². The third-order valence-electron chi connectivity index (χ3n) is 5.91. The predicted octanol–water partition coefficient (Wildman–Crippen LogP) is 4.28. The van der Waals surface area contributed by atoms with Gasteiger partial charge in [0.15, 0.2) is 10.8 Å². The summed E-state index contributed by atoms with van der Waals surface area (Å²) in [5.41, 5.74) is 1.77. The molecule has 2 aliphatic heterocycles. The van der Waals surface area contributed by atoms with Gasteiger partial charge in [-0.2, -0.15) is 0 Å². The number of methoxy groups -OCH3 is 1. The molecule has 4 rings (SSSR count). The molecule has 2 heterocycles. The number of rotatable bonds is 6. The molecule has 2 bridgehead atoms. The highest BCUT2D eigenvalue weighted by molar-refractivity contribution is 7.80. The smallest absolute Gasteiger partial charge is 0.236 e. The summed E-state index contributed by atoms with van der Waals surface area (Å²) in [5, 5.41) is 7.63. The number of hydrogen-bond acceptors (Lipinski definition) is 4. The molecule has 0 aliphatic carbocycles. The zero-order valence-electron chi connectivity index (χ0n) is 17.8. The number of aryl methyl sites for hydroxylation is 1. The first-order valence-corrected chi connectivity index (χ1v) is 11.0.